The first-order chi connectivity index (χ1) is 13.2. The predicted octanol–water partition coefficient (Wildman–Crippen LogP) is 3.20. The molecule has 3 aromatic rings. The number of methoxy groups -OCH3 is 1. The number of para-hydroxylation sites is 1. The summed E-state index contributed by atoms with van der Waals surface area (Å²) in [6.45, 7) is 0.281. The Balaban J connectivity index is 1.52. The molecule has 136 valence electrons. The van der Waals surface area contributed by atoms with Crippen LogP contribution in [-0.2, 0) is 9.59 Å². The number of hydrogen-bond acceptors (Lipinski definition) is 5. The number of aromatic nitrogens is 1. The molecule has 0 unspecified atom stereocenters. The van der Waals surface area contributed by atoms with Crippen LogP contribution in [0.4, 0.5) is 5.69 Å². The van der Waals surface area contributed by atoms with E-state index in [4.69, 9.17) is 9.47 Å². The zero-order valence-electron chi connectivity index (χ0n) is 14.8. The van der Waals surface area contributed by atoms with Crippen molar-refractivity contribution in [2.75, 3.05) is 18.6 Å². The lowest BCUT2D eigenvalue weighted by molar-refractivity contribution is -0.139. The van der Waals surface area contributed by atoms with Gasteiger partial charge in [0.05, 0.1) is 13.0 Å². The molecule has 2 aromatic carbocycles. The molecule has 1 amide bonds. The van der Waals surface area contributed by atoms with Crippen molar-refractivity contribution in [1.82, 2.24) is 4.98 Å². The lowest BCUT2D eigenvalue weighted by Crippen LogP contribution is -2.27. The van der Waals surface area contributed by atoms with Gasteiger partial charge in [0, 0.05) is 36.3 Å². The SMILES string of the molecule is COc1cccc(N2C[C@@H](C(=O)Oc3cccc4cccnc34)CC2=O)c1. The third kappa shape index (κ3) is 3.33. The Morgan fingerprint density at radius 3 is 2.81 bits per heavy atom. The van der Waals surface area contributed by atoms with Crippen LogP contribution in [-0.4, -0.2) is 30.5 Å². The summed E-state index contributed by atoms with van der Waals surface area (Å²) in [7, 11) is 1.57. The van der Waals surface area contributed by atoms with E-state index in [9.17, 15) is 9.59 Å². The van der Waals surface area contributed by atoms with Crippen LogP contribution in [0.2, 0.25) is 0 Å². The molecule has 27 heavy (non-hydrogen) atoms. The lowest BCUT2D eigenvalue weighted by atomic mass is 10.1. The number of rotatable bonds is 4. The number of carbonyl (C=O) groups excluding carboxylic acids is 2. The van der Waals surface area contributed by atoms with Crippen LogP contribution in [0.1, 0.15) is 6.42 Å². The number of ether oxygens (including phenoxy) is 2. The molecule has 0 saturated carbocycles. The van der Waals surface area contributed by atoms with Gasteiger partial charge in [-0.3, -0.25) is 14.6 Å². The lowest BCUT2D eigenvalue weighted by Gasteiger charge is -2.17. The second kappa shape index (κ2) is 7.07. The molecule has 0 radical (unpaired) electrons. The minimum absolute atomic E-state index is 0.110. The topological polar surface area (TPSA) is 68.7 Å². The second-order valence-corrected chi connectivity index (χ2v) is 6.36. The number of anilines is 1. The van der Waals surface area contributed by atoms with Gasteiger partial charge in [-0.05, 0) is 24.3 Å². The van der Waals surface area contributed by atoms with E-state index in [0.717, 1.165) is 5.39 Å². The molecule has 0 spiro atoms. The van der Waals surface area contributed by atoms with Crippen LogP contribution < -0.4 is 14.4 Å². The van der Waals surface area contributed by atoms with Crippen molar-refractivity contribution < 1.29 is 19.1 Å². The predicted molar refractivity (Wildman–Crippen MR) is 101 cm³/mol. The molecule has 0 bridgehead atoms. The normalized spacial score (nSPS) is 16.6. The van der Waals surface area contributed by atoms with E-state index in [1.807, 2.05) is 42.5 Å². The third-order valence-corrected chi connectivity index (χ3v) is 4.63. The van der Waals surface area contributed by atoms with Gasteiger partial charge in [-0.1, -0.05) is 24.3 Å². The maximum atomic E-state index is 12.7. The summed E-state index contributed by atoms with van der Waals surface area (Å²) in [6, 6.07) is 16.4. The monoisotopic (exact) mass is 362 g/mol. The van der Waals surface area contributed by atoms with E-state index in [0.29, 0.717) is 22.7 Å². The van der Waals surface area contributed by atoms with Crippen molar-refractivity contribution in [3.8, 4) is 11.5 Å². The fourth-order valence-corrected chi connectivity index (χ4v) is 3.24. The molecule has 1 aromatic heterocycles. The standard InChI is InChI=1S/C21H18N2O4/c1-26-17-8-3-7-16(12-17)23-13-15(11-19(23)24)21(25)27-18-9-2-5-14-6-4-10-22-20(14)18/h2-10,12,15H,11,13H2,1H3/t15-/m0/s1. The van der Waals surface area contributed by atoms with Gasteiger partial charge in [-0.25, -0.2) is 0 Å². The Labute approximate surface area is 156 Å². The van der Waals surface area contributed by atoms with E-state index in [1.165, 1.54) is 0 Å². The van der Waals surface area contributed by atoms with Crippen molar-refractivity contribution in [2.24, 2.45) is 5.92 Å². The molecule has 1 saturated heterocycles. The van der Waals surface area contributed by atoms with Crippen LogP contribution in [0.5, 0.6) is 11.5 Å². The minimum Gasteiger partial charge on any atom is -0.497 e. The van der Waals surface area contributed by atoms with Crippen LogP contribution in [0.25, 0.3) is 10.9 Å². The van der Waals surface area contributed by atoms with Crippen molar-refractivity contribution >= 4 is 28.5 Å². The molecule has 0 aliphatic carbocycles. The number of amides is 1. The molecular weight excluding hydrogens is 344 g/mol. The summed E-state index contributed by atoms with van der Waals surface area (Å²) in [5.41, 5.74) is 1.34. The zero-order valence-corrected chi connectivity index (χ0v) is 14.8. The zero-order chi connectivity index (χ0) is 18.8. The van der Waals surface area contributed by atoms with Crippen molar-refractivity contribution in [1.29, 1.82) is 0 Å². The highest BCUT2D eigenvalue weighted by atomic mass is 16.5. The van der Waals surface area contributed by atoms with Crippen molar-refractivity contribution in [2.45, 2.75) is 6.42 Å². The van der Waals surface area contributed by atoms with Gasteiger partial charge in [0.25, 0.3) is 0 Å². The van der Waals surface area contributed by atoms with E-state index < -0.39 is 11.9 Å². The van der Waals surface area contributed by atoms with Gasteiger partial charge in [0.15, 0.2) is 5.75 Å². The number of fused-ring (bicyclic) bond motifs is 1. The van der Waals surface area contributed by atoms with E-state index >= 15 is 0 Å². The summed E-state index contributed by atoms with van der Waals surface area (Å²) in [4.78, 5) is 31.0. The Kier molecular flexibility index (Phi) is 4.46. The Morgan fingerprint density at radius 2 is 1.96 bits per heavy atom. The van der Waals surface area contributed by atoms with Crippen LogP contribution >= 0.6 is 0 Å². The smallest absolute Gasteiger partial charge is 0.316 e. The summed E-state index contributed by atoms with van der Waals surface area (Å²) >= 11 is 0. The average Bonchev–Trinajstić information content (AvgIpc) is 3.10. The van der Waals surface area contributed by atoms with E-state index in [2.05, 4.69) is 4.98 Å². The highest BCUT2D eigenvalue weighted by Gasteiger charge is 2.36. The quantitative estimate of drug-likeness (QED) is 0.527. The van der Waals surface area contributed by atoms with Gasteiger partial charge < -0.3 is 14.4 Å². The molecule has 1 fully saturated rings. The number of pyridine rings is 1. The number of benzene rings is 2. The summed E-state index contributed by atoms with van der Waals surface area (Å²) in [6.07, 6.45) is 1.78. The van der Waals surface area contributed by atoms with Crippen LogP contribution in [0, 0.1) is 5.92 Å². The maximum absolute atomic E-state index is 12.7. The van der Waals surface area contributed by atoms with Crippen LogP contribution in [0.15, 0.2) is 60.8 Å². The first-order valence-electron chi connectivity index (χ1n) is 8.65. The molecule has 1 atom stereocenters. The highest BCUT2D eigenvalue weighted by Crippen LogP contribution is 2.30. The summed E-state index contributed by atoms with van der Waals surface area (Å²) in [5, 5.41) is 0.892. The average molecular weight is 362 g/mol. The van der Waals surface area contributed by atoms with Crippen molar-refractivity contribution in [3.05, 3.63) is 60.8 Å². The molecule has 6 heteroatoms. The number of carbonyl (C=O) groups is 2. The van der Waals surface area contributed by atoms with Gasteiger partial charge in [-0.2, -0.15) is 0 Å². The molecule has 1 aliphatic rings. The van der Waals surface area contributed by atoms with E-state index in [-0.39, 0.29) is 18.9 Å². The molecule has 2 heterocycles. The van der Waals surface area contributed by atoms with Gasteiger partial charge in [0.1, 0.15) is 11.3 Å². The number of nitrogens with zero attached hydrogens (tertiary/aromatic N) is 2. The highest BCUT2D eigenvalue weighted by molar-refractivity contribution is 6.00. The van der Waals surface area contributed by atoms with Gasteiger partial charge >= 0.3 is 5.97 Å². The fraction of sp³-hybridized carbons (Fsp3) is 0.190. The first-order valence-corrected chi connectivity index (χ1v) is 8.65. The number of esters is 1. The van der Waals surface area contributed by atoms with Gasteiger partial charge in [0.2, 0.25) is 5.91 Å². The maximum Gasteiger partial charge on any atom is 0.316 e. The molecule has 1 aliphatic heterocycles. The Bertz CT molecular complexity index is 1010. The molecule has 0 N–H and O–H groups in total. The van der Waals surface area contributed by atoms with E-state index in [1.54, 1.807) is 30.3 Å². The molecular formula is C21H18N2O4. The van der Waals surface area contributed by atoms with Crippen LogP contribution in [0.3, 0.4) is 0 Å². The Morgan fingerprint density at radius 1 is 1.15 bits per heavy atom. The molecule has 4 rings (SSSR count). The van der Waals surface area contributed by atoms with Gasteiger partial charge in [-0.15, -0.1) is 0 Å². The third-order valence-electron chi connectivity index (χ3n) is 4.63. The molecule has 6 nitrogen and oxygen atoms in total. The fourth-order valence-electron chi connectivity index (χ4n) is 3.24. The Hall–Kier alpha value is -3.41. The van der Waals surface area contributed by atoms with Crippen molar-refractivity contribution in [3.63, 3.8) is 0 Å². The largest absolute Gasteiger partial charge is 0.497 e. The number of hydrogen-bond donors (Lipinski definition) is 0. The second-order valence-electron chi connectivity index (χ2n) is 6.36. The summed E-state index contributed by atoms with van der Waals surface area (Å²) < 4.78 is 10.8. The minimum atomic E-state index is -0.525. The first kappa shape index (κ1) is 17.0. The summed E-state index contributed by atoms with van der Waals surface area (Å²) in [5.74, 6) is 0.00866.